The van der Waals surface area contributed by atoms with Crippen LogP contribution >= 0.6 is 0 Å². The molecule has 0 bridgehead atoms. The van der Waals surface area contributed by atoms with Gasteiger partial charge in [-0.15, -0.1) is 0 Å². The Kier molecular flexibility index (Phi) is 6.26. The molecule has 2 unspecified atom stereocenters. The fraction of sp³-hybridized carbons (Fsp3) is 0.464. The number of nitrogens with one attached hydrogen (secondary N) is 1. The van der Waals surface area contributed by atoms with Crippen LogP contribution in [0.3, 0.4) is 0 Å². The van der Waals surface area contributed by atoms with E-state index in [2.05, 4.69) is 29.6 Å². The number of hydrogen-bond acceptors (Lipinski definition) is 4. The number of benzene rings is 2. The van der Waals surface area contributed by atoms with Crippen molar-refractivity contribution >= 4 is 18.0 Å². The van der Waals surface area contributed by atoms with Gasteiger partial charge in [0, 0.05) is 19.0 Å². The van der Waals surface area contributed by atoms with E-state index >= 15 is 0 Å². The molecular formula is C28H32N2O5. The molecule has 1 saturated heterocycles. The van der Waals surface area contributed by atoms with Crippen LogP contribution in [0.15, 0.2) is 48.5 Å². The molecule has 2 atom stereocenters. The molecule has 2 N–H and O–H groups in total. The van der Waals surface area contributed by atoms with E-state index in [0.717, 1.165) is 24.0 Å². The van der Waals surface area contributed by atoms with E-state index in [1.165, 1.54) is 11.1 Å². The van der Waals surface area contributed by atoms with Crippen molar-refractivity contribution in [2.24, 2.45) is 11.8 Å². The molecule has 0 spiro atoms. The minimum Gasteiger partial charge on any atom is -0.481 e. The van der Waals surface area contributed by atoms with Crippen LogP contribution in [0.25, 0.3) is 11.1 Å². The molecule has 5 rings (SSSR count). The average molecular weight is 477 g/mol. The van der Waals surface area contributed by atoms with Gasteiger partial charge in [0.2, 0.25) is 5.91 Å². The largest absolute Gasteiger partial charge is 0.481 e. The van der Waals surface area contributed by atoms with Gasteiger partial charge in [-0.05, 0) is 60.8 Å². The second-order valence-electron chi connectivity index (χ2n) is 10.3. The summed E-state index contributed by atoms with van der Waals surface area (Å²) >= 11 is 0. The van der Waals surface area contributed by atoms with Crippen molar-refractivity contribution in [3.05, 3.63) is 59.7 Å². The number of piperidine rings is 1. The zero-order valence-corrected chi connectivity index (χ0v) is 20.0. The van der Waals surface area contributed by atoms with Crippen LogP contribution in [0.1, 0.15) is 56.1 Å². The number of likely N-dealkylation sites (tertiary alicyclic amines) is 1. The Morgan fingerprint density at radius 1 is 1.03 bits per heavy atom. The number of hydrogen-bond donors (Lipinski definition) is 2. The number of carbonyl (C=O) groups is 3. The van der Waals surface area contributed by atoms with Gasteiger partial charge in [0.25, 0.3) is 0 Å². The Morgan fingerprint density at radius 2 is 1.66 bits per heavy atom. The first-order chi connectivity index (χ1) is 16.9. The number of carbonyl (C=O) groups excluding carboxylic acids is 2. The Hall–Kier alpha value is -3.35. The lowest BCUT2D eigenvalue weighted by atomic mass is 9.90. The standard InChI is InChI=1S/C28H32N2O5/c1-28(19-12-13-19,15-25(31)30-14-6-7-18(16-30)26(32)33)29-27(34)35-17-24-22-10-4-2-8-20(22)21-9-3-5-11-23(21)24/h2-5,8-11,18-19,24H,6-7,12-17H2,1H3,(H,29,34)(H,32,33). The maximum absolute atomic E-state index is 13.1. The predicted octanol–water partition coefficient (Wildman–Crippen LogP) is 4.41. The lowest BCUT2D eigenvalue weighted by molar-refractivity contribution is -0.146. The summed E-state index contributed by atoms with van der Waals surface area (Å²) in [5.74, 6) is -1.29. The third-order valence-corrected chi connectivity index (χ3v) is 7.85. The van der Waals surface area contributed by atoms with E-state index in [-0.39, 0.29) is 37.3 Å². The van der Waals surface area contributed by atoms with Gasteiger partial charge in [-0.3, -0.25) is 9.59 Å². The highest BCUT2D eigenvalue weighted by atomic mass is 16.5. The van der Waals surface area contributed by atoms with E-state index in [1.54, 1.807) is 4.90 Å². The molecule has 1 aliphatic heterocycles. The molecule has 2 aliphatic carbocycles. The van der Waals surface area contributed by atoms with Crippen molar-refractivity contribution in [2.45, 2.75) is 50.5 Å². The van der Waals surface area contributed by atoms with Crippen LogP contribution in [0, 0.1) is 11.8 Å². The number of amides is 2. The molecule has 1 saturated carbocycles. The smallest absolute Gasteiger partial charge is 0.407 e. The molecule has 2 aromatic carbocycles. The molecule has 0 radical (unpaired) electrons. The van der Waals surface area contributed by atoms with Gasteiger partial charge in [0.15, 0.2) is 0 Å². The Labute approximate surface area is 205 Å². The van der Waals surface area contributed by atoms with Crippen molar-refractivity contribution in [1.29, 1.82) is 0 Å². The van der Waals surface area contributed by atoms with Gasteiger partial charge in [-0.2, -0.15) is 0 Å². The van der Waals surface area contributed by atoms with Gasteiger partial charge >= 0.3 is 12.1 Å². The molecule has 2 amide bonds. The van der Waals surface area contributed by atoms with Crippen molar-refractivity contribution in [2.75, 3.05) is 19.7 Å². The lowest BCUT2D eigenvalue weighted by Crippen LogP contribution is -2.53. The average Bonchev–Trinajstić information content (AvgIpc) is 3.67. The van der Waals surface area contributed by atoms with Crippen LogP contribution in [0.2, 0.25) is 0 Å². The number of nitrogens with zero attached hydrogens (tertiary/aromatic N) is 1. The van der Waals surface area contributed by atoms with Crippen LogP contribution in [-0.4, -0.2) is 53.2 Å². The van der Waals surface area contributed by atoms with Crippen molar-refractivity contribution in [3.8, 4) is 11.1 Å². The molecule has 184 valence electrons. The Bertz CT molecular complexity index is 1100. The van der Waals surface area contributed by atoms with E-state index in [0.29, 0.717) is 19.4 Å². The number of carboxylic acids is 1. The summed E-state index contributed by atoms with van der Waals surface area (Å²) in [6.45, 7) is 2.93. The molecule has 2 aromatic rings. The van der Waals surface area contributed by atoms with Crippen LogP contribution in [0.5, 0.6) is 0 Å². The maximum atomic E-state index is 13.1. The molecule has 7 nitrogen and oxygen atoms in total. The van der Waals surface area contributed by atoms with Crippen molar-refractivity contribution < 1.29 is 24.2 Å². The SMILES string of the molecule is CC(CC(=O)N1CCCC(C(=O)O)C1)(NC(=O)OCC1c2ccccc2-c2ccccc21)C1CC1. The summed E-state index contributed by atoms with van der Waals surface area (Å²) in [5, 5.41) is 12.4. The summed E-state index contributed by atoms with van der Waals surface area (Å²) in [6, 6.07) is 16.4. The summed E-state index contributed by atoms with van der Waals surface area (Å²) in [4.78, 5) is 39.0. The molecular weight excluding hydrogens is 444 g/mol. The Balaban J connectivity index is 1.23. The molecule has 35 heavy (non-hydrogen) atoms. The summed E-state index contributed by atoms with van der Waals surface area (Å²) in [6.07, 6.45) is 2.81. The molecule has 0 aromatic heterocycles. The number of aliphatic carboxylic acids is 1. The van der Waals surface area contributed by atoms with Crippen LogP contribution < -0.4 is 5.32 Å². The quantitative estimate of drug-likeness (QED) is 0.617. The fourth-order valence-electron chi connectivity index (χ4n) is 5.71. The highest BCUT2D eigenvalue weighted by Gasteiger charge is 2.45. The van der Waals surface area contributed by atoms with E-state index in [1.807, 2.05) is 31.2 Å². The second kappa shape index (κ2) is 9.36. The minimum atomic E-state index is -0.857. The topological polar surface area (TPSA) is 95.9 Å². The van der Waals surface area contributed by atoms with Gasteiger partial charge in [0.1, 0.15) is 6.61 Å². The van der Waals surface area contributed by atoms with Gasteiger partial charge < -0.3 is 20.1 Å². The monoisotopic (exact) mass is 476 g/mol. The number of fused-ring (bicyclic) bond motifs is 3. The fourth-order valence-corrected chi connectivity index (χ4v) is 5.71. The predicted molar refractivity (Wildman–Crippen MR) is 131 cm³/mol. The van der Waals surface area contributed by atoms with Crippen molar-refractivity contribution in [3.63, 3.8) is 0 Å². The summed E-state index contributed by atoms with van der Waals surface area (Å²) in [5.41, 5.74) is 3.94. The molecule has 3 aliphatic rings. The van der Waals surface area contributed by atoms with E-state index in [4.69, 9.17) is 4.74 Å². The van der Waals surface area contributed by atoms with Crippen LogP contribution in [0.4, 0.5) is 4.79 Å². The van der Waals surface area contributed by atoms with Crippen LogP contribution in [-0.2, 0) is 14.3 Å². The van der Waals surface area contributed by atoms with E-state index in [9.17, 15) is 19.5 Å². The normalized spacial score (nSPS) is 20.9. The van der Waals surface area contributed by atoms with E-state index < -0.39 is 23.5 Å². The van der Waals surface area contributed by atoms with Crippen molar-refractivity contribution in [1.82, 2.24) is 10.2 Å². The second-order valence-corrected chi connectivity index (χ2v) is 10.3. The maximum Gasteiger partial charge on any atom is 0.407 e. The third kappa shape index (κ3) is 4.77. The number of alkyl carbamates (subject to hydrolysis) is 1. The third-order valence-electron chi connectivity index (χ3n) is 7.85. The zero-order chi connectivity index (χ0) is 24.6. The highest BCUT2D eigenvalue weighted by molar-refractivity contribution is 5.81. The zero-order valence-electron chi connectivity index (χ0n) is 20.0. The highest BCUT2D eigenvalue weighted by Crippen LogP contribution is 2.45. The molecule has 7 heteroatoms. The van der Waals surface area contributed by atoms with Gasteiger partial charge in [-0.25, -0.2) is 4.79 Å². The molecule has 2 fully saturated rings. The Morgan fingerprint density at radius 3 is 2.26 bits per heavy atom. The minimum absolute atomic E-state index is 0.0248. The first-order valence-electron chi connectivity index (χ1n) is 12.5. The number of rotatable bonds is 7. The lowest BCUT2D eigenvalue weighted by Gasteiger charge is -2.35. The van der Waals surface area contributed by atoms with Gasteiger partial charge in [-0.1, -0.05) is 48.5 Å². The molecule has 1 heterocycles. The first-order valence-corrected chi connectivity index (χ1v) is 12.5. The number of carboxylic acid groups (broad SMARTS) is 1. The number of ether oxygens (including phenoxy) is 1. The first kappa shape index (κ1) is 23.4. The summed E-state index contributed by atoms with van der Waals surface area (Å²) in [7, 11) is 0. The van der Waals surface area contributed by atoms with Gasteiger partial charge in [0.05, 0.1) is 17.9 Å². The summed E-state index contributed by atoms with van der Waals surface area (Å²) < 4.78 is 5.74.